The molecular weight excluding hydrogens is 278 g/mol. The van der Waals surface area contributed by atoms with E-state index >= 15 is 0 Å². The number of carbonyl (C=O) groups excluding carboxylic acids is 1. The van der Waals surface area contributed by atoms with Gasteiger partial charge in [-0.15, -0.1) is 0 Å². The normalized spacial score (nSPS) is 10.3. The van der Waals surface area contributed by atoms with Gasteiger partial charge in [0.05, 0.1) is 17.9 Å². The summed E-state index contributed by atoms with van der Waals surface area (Å²) < 4.78 is 4.99. The molecule has 0 saturated carbocycles. The number of hydrogen-bond donors (Lipinski definition) is 1. The van der Waals surface area contributed by atoms with Crippen molar-refractivity contribution in [1.29, 1.82) is 0 Å². The minimum atomic E-state index is -0.0493. The third-order valence-electron chi connectivity index (χ3n) is 3.23. The van der Waals surface area contributed by atoms with Crippen molar-refractivity contribution in [1.82, 2.24) is 9.88 Å². The summed E-state index contributed by atoms with van der Waals surface area (Å²) in [5, 5.41) is 3.17. The second kappa shape index (κ2) is 8.14. The highest BCUT2D eigenvalue weighted by Gasteiger charge is 2.13. The predicted octanol–water partition coefficient (Wildman–Crippen LogP) is 2.41. The summed E-state index contributed by atoms with van der Waals surface area (Å²) in [6.07, 6.45) is 3.29. The molecule has 1 N–H and O–H groups in total. The molecule has 0 aliphatic heterocycles. The van der Waals surface area contributed by atoms with Crippen LogP contribution in [-0.4, -0.2) is 43.1 Å². The lowest BCUT2D eigenvalue weighted by atomic mass is 10.2. The van der Waals surface area contributed by atoms with E-state index in [1.54, 1.807) is 31.5 Å². The number of anilines is 1. The van der Waals surface area contributed by atoms with E-state index in [4.69, 9.17) is 4.74 Å². The van der Waals surface area contributed by atoms with E-state index in [1.807, 2.05) is 36.4 Å². The number of carbonyl (C=O) groups is 1. The Morgan fingerprint density at radius 2 is 2.05 bits per heavy atom. The molecule has 2 rings (SSSR count). The maximum absolute atomic E-state index is 12.5. The van der Waals surface area contributed by atoms with Gasteiger partial charge >= 0.3 is 0 Å². The third kappa shape index (κ3) is 4.56. The van der Waals surface area contributed by atoms with Crippen LogP contribution in [0, 0.1) is 0 Å². The second-order valence-electron chi connectivity index (χ2n) is 5.03. The predicted molar refractivity (Wildman–Crippen MR) is 86.8 cm³/mol. The van der Waals surface area contributed by atoms with Gasteiger partial charge in [-0.05, 0) is 11.6 Å². The number of nitrogens with zero attached hydrogens (tertiary/aromatic N) is 2. The van der Waals surface area contributed by atoms with E-state index in [0.29, 0.717) is 25.3 Å². The molecule has 1 heterocycles. The summed E-state index contributed by atoms with van der Waals surface area (Å²) in [5.41, 5.74) is 2.48. The summed E-state index contributed by atoms with van der Waals surface area (Å²) in [5.74, 6) is -0.0493. The number of aromatic nitrogens is 1. The third-order valence-corrected chi connectivity index (χ3v) is 3.23. The van der Waals surface area contributed by atoms with Crippen molar-refractivity contribution in [3.63, 3.8) is 0 Å². The van der Waals surface area contributed by atoms with Crippen molar-refractivity contribution < 1.29 is 9.53 Å². The van der Waals surface area contributed by atoms with Crippen LogP contribution in [0.4, 0.5) is 5.69 Å². The van der Waals surface area contributed by atoms with Crippen LogP contribution in [0.3, 0.4) is 0 Å². The zero-order chi connectivity index (χ0) is 15.8. The van der Waals surface area contributed by atoms with Crippen LogP contribution in [0.5, 0.6) is 0 Å². The standard InChI is InChI=1S/C17H21N3O2/c1-20(13-14-6-4-3-5-7-14)17(21)15-10-16(12-18-11-15)19-8-9-22-2/h3-7,10-12,19H,8-9,13H2,1-2H3. The monoisotopic (exact) mass is 299 g/mol. The number of nitrogens with one attached hydrogen (secondary N) is 1. The van der Waals surface area contributed by atoms with E-state index in [-0.39, 0.29) is 5.91 Å². The van der Waals surface area contributed by atoms with Crippen LogP contribution in [0.15, 0.2) is 48.8 Å². The number of pyridine rings is 1. The number of benzene rings is 1. The maximum Gasteiger partial charge on any atom is 0.255 e. The SMILES string of the molecule is COCCNc1cncc(C(=O)N(C)Cc2ccccc2)c1. The van der Waals surface area contributed by atoms with Crippen LogP contribution in [-0.2, 0) is 11.3 Å². The first-order valence-electron chi connectivity index (χ1n) is 7.18. The van der Waals surface area contributed by atoms with Crippen molar-refractivity contribution in [2.45, 2.75) is 6.54 Å². The Labute approximate surface area is 130 Å². The molecule has 0 spiro atoms. The quantitative estimate of drug-likeness (QED) is 0.798. The van der Waals surface area contributed by atoms with Gasteiger partial charge < -0.3 is 15.0 Å². The Morgan fingerprint density at radius 3 is 2.77 bits per heavy atom. The molecule has 1 aromatic heterocycles. The summed E-state index contributed by atoms with van der Waals surface area (Å²) in [6, 6.07) is 11.7. The lowest BCUT2D eigenvalue weighted by Gasteiger charge is -2.17. The molecule has 0 aliphatic carbocycles. The molecule has 0 fully saturated rings. The average Bonchev–Trinajstić information content (AvgIpc) is 2.55. The van der Waals surface area contributed by atoms with Crippen LogP contribution in [0.1, 0.15) is 15.9 Å². The van der Waals surface area contributed by atoms with Crippen LogP contribution in [0.2, 0.25) is 0 Å². The minimum Gasteiger partial charge on any atom is -0.383 e. The number of hydrogen-bond acceptors (Lipinski definition) is 4. The Balaban J connectivity index is 2.00. The average molecular weight is 299 g/mol. The van der Waals surface area contributed by atoms with Crippen molar-refractivity contribution in [3.05, 3.63) is 59.9 Å². The Kier molecular flexibility index (Phi) is 5.91. The first-order chi connectivity index (χ1) is 10.7. The number of methoxy groups -OCH3 is 1. The zero-order valence-electron chi connectivity index (χ0n) is 13.0. The number of amides is 1. The Bertz CT molecular complexity index is 602. The first-order valence-corrected chi connectivity index (χ1v) is 7.18. The van der Waals surface area contributed by atoms with Crippen LogP contribution >= 0.6 is 0 Å². The van der Waals surface area contributed by atoms with Gasteiger partial charge in [0.25, 0.3) is 5.91 Å². The van der Waals surface area contributed by atoms with Gasteiger partial charge in [0, 0.05) is 39.6 Å². The molecule has 2 aromatic rings. The zero-order valence-corrected chi connectivity index (χ0v) is 13.0. The number of ether oxygens (including phenoxy) is 1. The molecule has 5 nitrogen and oxygen atoms in total. The lowest BCUT2D eigenvalue weighted by Crippen LogP contribution is -2.26. The van der Waals surface area contributed by atoms with Gasteiger partial charge in [-0.2, -0.15) is 0 Å². The fourth-order valence-electron chi connectivity index (χ4n) is 2.10. The van der Waals surface area contributed by atoms with Crippen molar-refractivity contribution in [2.24, 2.45) is 0 Å². The minimum absolute atomic E-state index is 0.0493. The van der Waals surface area contributed by atoms with Crippen molar-refractivity contribution in [3.8, 4) is 0 Å². The molecular formula is C17H21N3O2. The van der Waals surface area contributed by atoms with Crippen LogP contribution < -0.4 is 5.32 Å². The molecule has 116 valence electrons. The molecule has 1 aromatic carbocycles. The van der Waals surface area contributed by atoms with Gasteiger partial charge in [0.1, 0.15) is 0 Å². The fraction of sp³-hybridized carbons (Fsp3) is 0.294. The topological polar surface area (TPSA) is 54.5 Å². The molecule has 0 atom stereocenters. The first kappa shape index (κ1) is 16.0. The molecule has 0 aliphatic rings. The molecule has 5 heteroatoms. The lowest BCUT2D eigenvalue weighted by molar-refractivity contribution is 0.0784. The Morgan fingerprint density at radius 1 is 1.27 bits per heavy atom. The van der Waals surface area contributed by atoms with Crippen LogP contribution in [0.25, 0.3) is 0 Å². The summed E-state index contributed by atoms with van der Waals surface area (Å²) >= 11 is 0. The van der Waals surface area contributed by atoms with Gasteiger partial charge in [0.15, 0.2) is 0 Å². The van der Waals surface area contributed by atoms with Gasteiger partial charge in [0.2, 0.25) is 0 Å². The van der Waals surface area contributed by atoms with Gasteiger partial charge in [-0.25, -0.2) is 0 Å². The summed E-state index contributed by atoms with van der Waals surface area (Å²) in [6.45, 7) is 1.85. The highest BCUT2D eigenvalue weighted by atomic mass is 16.5. The molecule has 0 radical (unpaired) electrons. The molecule has 22 heavy (non-hydrogen) atoms. The van der Waals surface area contributed by atoms with Crippen molar-refractivity contribution in [2.75, 3.05) is 32.6 Å². The van der Waals surface area contributed by atoms with E-state index in [0.717, 1.165) is 11.3 Å². The molecule has 0 saturated heterocycles. The molecule has 0 unspecified atom stereocenters. The second-order valence-corrected chi connectivity index (χ2v) is 5.03. The summed E-state index contributed by atoms with van der Waals surface area (Å²) in [7, 11) is 3.44. The fourth-order valence-corrected chi connectivity index (χ4v) is 2.10. The van der Waals surface area contributed by atoms with E-state index < -0.39 is 0 Å². The highest BCUT2D eigenvalue weighted by molar-refractivity contribution is 5.94. The number of rotatable bonds is 7. The van der Waals surface area contributed by atoms with E-state index in [1.165, 1.54) is 0 Å². The van der Waals surface area contributed by atoms with Crippen molar-refractivity contribution >= 4 is 11.6 Å². The highest BCUT2D eigenvalue weighted by Crippen LogP contribution is 2.12. The summed E-state index contributed by atoms with van der Waals surface area (Å²) in [4.78, 5) is 18.3. The molecule has 0 bridgehead atoms. The van der Waals surface area contributed by atoms with E-state index in [2.05, 4.69) is 10.3 Å². The van der Waals surface area contributed by atoms with E-state index in [9.17, 15) is 4.79 Å². The Hall–Kier alpha value is -2.40. The van der Waals surface area contributed by atoms with Gasteiger partial charge in [-0.1, -0.05) is 30.3 Å². The smallest absolute Gasteiger partial charge is 0.255 e. The maximum atomic E-state index is 12.5. The molecule has 1 amide bonds. The van der Waals surface area contributed by atoms with Gasteiger partial charge in [-0.3, -0.25) is 9.78 Å². The largest absolute Gasteiger partial charge is 0.383 e.